The smallest absolute Gasteiger partial charge is 0.335 e. The van der Waals surface area contributed by atoms with Crippen LogP contribution in [-0.2, 0) is 9.67 Å². The molecule has 2 amide bonds. The van der Waals surface area contributed by atoms with Crippen molar-refractivity contribution in [1.29, 1.82) is 0 Å². The quantitative estimate of drug-likeness (QED) is 0.0885. The maximum absolute atomic E-state index is 13.3. The molecule has 1 aliphatic heterocycles. The van der Waals surface area contributed by atoms with Crippen LogP contribution >= 0.6 is 12.6 Å². The highest BCUT2D eigenvalue weighted by Gasteiger charge is 2.26. The van der Waals surface area contributed by atoms with Crippen LogP contribution in [0.2, 0.25) is 0 Å². The lowest BCUT2D eigenvalue weighted by Crippen LogP contribution is -2.31. The zero-order chi connectivity index (χ0) is 36.0. The van der Waals surface area contributed by atoms with Crippen LogP contribution in [0.25, 0.3) is 11.3 Å². The highest BCUT2D eigenvalue weighted by atomic mass is 32.1. The SMILES string of the molecule is CC.CC.Cc1cc(NC(=O)c2cnn(C(C)(C)S)c2-c2ccc(F)cc2)ccc1O.O=CN1CCC(c2ccc(C(=O)O)cc2)CC1. The summed E-state index contributed by atoms with van der Waals surface area (Å²) in [6.07, 6.45) is 4.26. The minimum atomic E-state index is -0.896. The number of aromatic hydroxyl groups is 1. The number of nitrogens with zero attached hydrogens (tertiary/aromatic N) is 3. The van der Waals surface area contributed by atoms with Gasteiger partial charge >= 0.3 is 5.97 Å². The van der Waals surface area contributed by atoms with Crippen molar-refractivity contribution < 1.29 is 29.0 Å². The van der Waals surface area contributed by atoms with Crippen molar-refractivity contribution in [2.75, 3.05) is 18.4 Å². The molecular weight excluding hydrogens is 631 g/mol. The summed E-state index contributed by atoms with van der Waals surface area (Å²) >= 11 is 4.56. The summed E-state index contributed by atoms with van der Waals surface area (Å²) in [6.45, 7) is 15.0. The van der Waals surface area contributed by atoms with Crippen LogP contribution in [0, 0.1) is 12.7 Å². The number of carboxylic acids is 1. The Hall–Kier alpha value is -4.64. The first kappa shape index (κ1) is 39.5. The molecule has 1 saturated heterocycles. The fourth-order valence-electron chi connectivity index (χ4n) is 4.98. The largest absolute Gasteiger partial charge is 0.508 e. The van der Waals surface area contributed by atoms with Crippen molar-refractivity contribution in [2.45, 2.75) is 72.1 Å². The van der Waals surface area contributed by atoms with Gasteiger partial charge in [-0.1, -0.05) is 39.8 Å². The Kier molecular flexibility index (Phi) is 15.3. The number of piperidine rings is 1. The molecule has 9 nitrogen and oxygen atoms in total. The first-order chi connectivity index (χ1) is 22.9. The van der Waals surface area contributed by atoms with Crippen LogP contribution in [0.4, 0.5) is 10.1 Å². The first-order valence-corrected chi connectivity index (χ1v) is 16.5. The van der Waals surface area contributed by atoms with Crippen LogP contribution in [0.3, 0.4) is 0 Å². The molecule has 11 heteroatoms. The first-order valence-electron chi connectivity index (χ1n) is 16.1. The van der Waals surface area contributed by atoms with Gasteiger partial charge in [-0.05, 0) is 105 Å². The second kappa shape index (κ2) is 18.6. The summed E-state index contributed by atoms with van der Waals surface area (Å²) in [6, 6.07) is 17.7. The number of nitrogens with one attached hydrogen (secondary N) is 1. The van der Waals surface area contributed by atoms with E-state index in [0.29, 0.717) is 39.6 Å². The van der Waals surface area contributed by atoms with Gasteiger partial charge in [-0.2, -0.15) is 5.10 Å². The molecule has 1 aliphatic rings. The maximum Gasteiger partial charge on any atom is 0.335 e. The number of hydrogen-bond acceptors (Lipinski definition) is 6. The van der Waals surface area contributed by atoms with Crippen LogP contribution < -0.4 is 5.32 Å². The second-order valence-corrected chi connectivity index (χ2v) is 12.2. The van der Waals surface area contributed by atoms with E-state index in [0.717, 1.165) is 32.3 Å². The average molecular weight is 679 g/mol. The molecule has 1 fully saturated rings. The molecule has 1 aromatic heterocycles. The third-order valence-corrected chi connectivity index (χ3v) is 7.60. The lowest BCUT2D eigenvalue weighted by atomic mass is 9.89. The minimum Gasteiger partial charge on any atom is -0.508 e. The molecule has 0 spiro atoms. The fourth-order valence-corrected chi connectivity index (χ4v) is 5.13. The summed E-state index contributed by atoms with van der Waals surface area (Å²) in [7, 11) is 0. The van der Waals surface area contributed by atoms with Crippen molar-refractivity contribution in [3.63, 3.8) is 0 Å². The Morgan fingerprint density at radius 2 is 1.56 bits per heavy atom. The monoisotopic (exact) mass is 678 g/mol. The van der Waals surface area contributed by atoms with Crippen molar-refractivity contribution in [3.8, 4) is 17.0 Å². The van der Waals surface area contributed by atoms with Gasteiger partial charge in [0.25, 0.3) is 5.91 Å². The topological polar surface area (TPSA) is 125 Å². The van der Waals surface area contributed by atoms with Crippen LogP contribution in [0.15, 0.2) is 72.9 Å². The number of thiol groups is 1. The number of carbonyl (C=O) groups excluding carboxylic acids is 2. The molecule has 4 aromatic rings. The summed E-state index contributed by atoms with van der Waals surface area (Å²) in [5, 5.41) is 25.6. The van der Waals surface area contributed by atoms with Crippen molar-refractivity contribution in [1.82, 2.24) is 14.7 Å². The Balaban J connectivity index is 0.000000327. The Morgan fingerprint density at radius 1 is 0.979 bits per heavy atom. The molecule has 3 N–H and O–H groups in total. The van der Waals surface area contributed by atoms with Gasteiger partial charge in [0, 0.05) is 24.3 Å². The lowest BCUT2D eigenvalue weighted by Gasteiger charge is -2.29. The molecule has 0 atom stereocenters. The number of carboxylic acid groups (broad SMARTS) is 1. The van der Waals surface area contributed by atoms with Crippen LogP contribution in [-0.4, -0.2) is 56.3 Å². The number of aryl methyl sites for hydroxylation is 1. The van der Waals surface area contributed by atoms with Crippen LogP contribution in [0.5, 0.6) is 5.75 Å². The lowest BCUT2D eigenvalue weighted by molar-refractivity contribution is -0.119. The fraction of sp³-hybridized carbons (Fsp3) is 0.351. The summed E-state index contributed by atoms with van der Waals surface area (Å²) < 4.78 is 15.0. The number of rotatable bonds is 7. The van der Waals surface area contributed by atoms with E-state index in [1.807, 2.05) is 53.7 Å². The molecular formula is C37H47FN4O5S. The Labute approximate surface area is 288 Å². The molecule has 0 unspecified atom stereocenters. The number of halogens is 1. The molecule has 258 valence electrons. The molecule has 0 saturated carbocycles. The molecule has 3 aromatic carbocycles. The summed E-state index contributed by atoms with van der Waals surface area (Å²) in [5.74, 6) is -1.02. The Bertz CT molecular complexity index is 1630. The summed E-state index contributed by atoms with van der Waals surface area (Å²) in [4.78, 5) is 35.3. The predicted molar refractivity (Wildman–Crippen MR) is 192 cm³/mol. The maximum atomic E-state index is 13.3. The molecule has 5 rings (SSSR count). The van der Waals surface area contributed by atoms with Gasteiger partial charge in [0.05, 0.1) is 27.9 Å². The normalized spacial score (nSPS) is 12.6. The third-order valence-electron chi connectivity index (χ3n) is 7.41. The molecule has 2 heterocycles. The Morgan fingerprint density at radius 3 is 2.06 bits per heavy atom. The molecule has 0 aliphatic carbocycles. The number of anilines is 1. The number of carbonyl (C=O) groups is 3. The number of hydrogen-bond donors (Lipinski definition) is 4. The summed E-state index contributed by atoms with van der Waals surface area (Å²) in [5.41, 5.74) is 4.23. The van der Waals surface area contributed by atoms with Gasteiger partial charge in [-0.3, -0.25) is 9.59 Å². The predicted octanol–water partition coefficient (Wildman–Crippen LogP) is 8.35. The van der Waals surface area contributed by atoms with E-state index < -0.39 is 10.8 Å². The number of aromatic carboxylic acids is 1. The highest BCUT2D eigenvalue weighted by molar-refractivity contribution is 7.81. The molecule has 48 heavy (non-hydrogen) atoms. The zero-order valence-electron chi connectivity index (χ0n) is 28.7. The van der Waals surface area contributed by atoms with E-state index in [9.17, 15) is 23.9 Å². The van der Waals surface area contributed by atoms with E-state index in [1.54, 1.807) is 52.9 Å². The van der Waals surface area contributed by atoms with Gasteiger partial charge < -0.3 is 20.4 Å². The molecule has 0 bridgehead atoms. The van der Waals surface area contributed by atoms with Gasteiger partial charge in [0.2, 0.25) is 6.41 Å². The zero-order valence-corrected chi connectivity index (χ0v) is 29.6. The number of aromatic nitrogens is 2. The van der Waals surface area contributed by atoms with E-state index >= 15 is 0 Å². The van der Waals surface area contributed by atoms with Crippen molar-refractivity contribution in [2.24, 2.45) is 0 Å². The van der Waals surface area contributed by atoms with E-state index in [1.165, 1.54) is 30.0 Å². The number of benzene rings is 3. The van der Waals surface area contributed by atoms with Crippen molar-refractivity contribution in [3.05, 3.63) is 101 Å². The number of phenols is 1. The standard InChI is InChI=1S/C20H20FN3O2S.C13H15NO3.2C2H6/c1-12-10-15(8-9-17(12)25)23-19(26)16-11-22-24(20(2,3)27)18(16)13-4-6-14(21)7-5-13;15-9-14-7-5-11(6-8-14)10-1-3-12(4-2-10)13(16)17;2*1-2/h4-11,25,27H,1-3H3,(H,23,26);1-4,9,11H,5-8H2,(H,16,17);2*1-2H3. The third kappa shape index (κ3) is 10.7. The van der Waals surface area contributed by atoms with Gasteiger partial charge in [-0.15, -0.1) is 12.6 Å². The van der Waals surface area contributed by atoms with Gasteiger partial charge in [0.1, 0.15) is 11.6 Å². The molecule has 0 radical (unpaired) electrons. The number of likely N-dealkylation sites (tertiary alicyclic amines) is 1. The number of amides is 2. The highest BCUT2D eigenvalue weighted by Crippen LogP contribution is 2.32. The van der Waals surface area contributed by atoms with E-state index in [2.05, 4.69) is 23.0 Å². The van der Waals surface area contributed by atoms with Crippen LogP contribution in [0.1, 0.15) is 92.1 Å². The van der Waals surface area contributed by atoms with E-state index in [-0.39, 0.29) is 17.5 Å². The average Bonchev–Trinajstić information content (AvgIpc) is 3.56. The van der Waals surface area contributed by atoms with Gasteiger partial charge in [-0.25, -0.2) is 13.9 Å². The number of phenolic OH excluding ortho intramolecular Hbond substituents is 1. The van der Waals surface area contributed by atoms with E-state index in [4.69, 9.17) is 5.11 Å². The van der Waals surface area contributed by atoms with Gasteiger partial charge in [0.15, 0.2) is 0 Å². The minimum absolute atomic E-state index is 0.157. The second-order valence-electron chi connectivity index (χ2n) is 11.1. The van der Waals surface area contributed by atoms with Crippen molar-refractivity contribution >= 4 is 36.6 Å².